The largest absolute Gasteiger partial charge is 0.508 e. The molecule has 2 aromatic carbocycles. The van der Waals surface area contributed by atoms with Crippen molar-refractivity contribution in [2.24, 2.45) is 0 Å². The molecule has 0 amide bonds. The van der Waals surface area contributed by atoms with E-state index in [1.807, 2.05) is 18.2 Å². The summed E-state index contributed by atoms with van der Waals surface area (Å²) in [5, 5.41) is 12.0. The molecular formula is C14H13ClO3. The molecule has 0 heterocycles. The molecule has 2 rings (SSSR count). The van der Waals surface area contributed by atoms with Crippen molar-refractivity contribution in [3.05, 3.63) is 40.9 Å². The molecule has 0 aliphatic rings. The Hall–Kier alpha value is -1.74. The molecule has 0 aliphatic carbocycles. The van der Waals surface area contributed by atoms with Crippen molar-refractivity contribution in [2.75, 3.05) is 6.61 Å². The van der Waals surface area contributed by atoms with Crippen LogP contribution in [0.2, 0.25) is 5.02 Å². The Labute approximate surface area is 110 Å². The maximum atomic E-state index is 10.7. The van der Waals surface area contributed by atoms with Gasteiger partial charge in [-0.25, -0.2) is 0 Å². The molecule has 18 heavy (non-hydrogen) atoms. The van der Waals surface area contributed by atoms with Crippen LogP contribution in [0.5, 0.6) is 5.75 Å². The highest BCUT2D eigenvalue weighted by Gasteiger charge is 2.07. The van der Waals surface area contributed by atoms with Crippen molar-refractivity contribution < 1.29 is 14.6 Å². The molecular weight excluding hydrogens is 252 g/mol. The Kier molecular flexibility index (Phi) is 3.72. The number of hydrogen-bond acceptors (Lipinski definition) is 3. The van der Waals surface area contributed by atoms with Crippen LogP contribution in [0.1, 0.15) is 12.5 Å². The predicted octanol–water partition coefficient (Wildman–Crippen LogP) is 3.30. The molecule has 3 nitrogen and oxygen atoms in total. The molecule has 0 unspecified atom stereocenters. The van der Waals surface area contributed by atoms with Gasteiger partial charge in [0.15, 0.2) is 0 Å². The lowest BCUT2D eigenvalue weighted by molar-refractivity contribution is -0.140. The van der Waals surface area contributed by atoms with Crippen molar-refractivity contribution >= 4 is 28.3 Å². The van der Waals surface area contributed by atoms with Gasteiger partial charge < -0.3 is 9.84 Å². The summed E-state index contributed by atoms with van der Waals surface area (Å²) in [6, 6.07) is 8.84. The second-order valence-electron chi connectivity index (χ2n) is 4.02. The number of rotatable bonds is 3. The fourth-order valence-electron chi connectivity index (χ4n) is 1.89. The second kappa shape index (κ2) is 5.27. The molecule has 0 fully saturated rings. The van der Waals surface area contributed by atoms with Gasteiger partial charge in [0, 0.05) is 18.4 Å². The summed E-state index contributed by atoms with van der Waals surface area (Å²) in [6.07, 6.45) is 0.527. The highest BCUT2D eigenvalue weighted by atomic mass is 35.5. The zero-order valence-corrected chi connectivity index (χ0v) is 10.7. The fraction of sp³-hybridized carbons (Fsp3) is 0.214. The second-order valence-corrected chi connectivity index (χ2v) is 4.43. The number of esters is 1. The number of ether oxygens (including phenoxy) is 1. The maximum absolute atomic E-state index is 10.7. The monoisotopic (exact) mass is 264 g/mol. The number of halogens is 1. The first-order valence-electron chi connectivity index (χ1n) is 5.61. The molecule has 0 bridgehead atoms. The van der Waals surface area contributed by atoms with Gasteiger partial charge in [0.05, 0.1) is 6.61 Å². The van der Waals surface area contributed by atoms with Gasteiger partial charge in [0.1, 0.15) is 5.75 Å². The van der Waals surface area contributed by atoms with Crippen LogP contribution in [0.4, 0.5) is 0 Å². The standard InChI is InChI=1S/C14H13ClO3/c1-9(16)18-7-6-12-13-8-11(17)4-2-10(13)3-5-14(12)15/h2-5,8,17H,6-7H2,1H3. The Bertz CT molecular complexity index is 588. The summed E-state index contributed by atoms with van der Waals surface area (Å²) in [6.45, 7) is 1.65. The van der Waals surface area contributed by atoms with Gasteiger partial charge in [-0.1, -0.05) is 23.7 Å². The first-order chi connectivity index (χ1) is 8.58. The van der Waals surface area contributed by atoms with Crippen LogP contribution in [-0.2, 0) is 16.0 Å². The minimum absolute atomic E-state index is 0.193. The summed E-state index contributed by atoms with van der Waals surface area (Å²) in [5.74, 6) is -0.118. The molecule has 2 aromatic rings. The van der Waals surface area contributed by atoms with Crippen LogP contribution < -0.4 is 0 Å². The van der Waals surface area contributed by atoms with E-state index in [9.17, 15) is 9.90 Å². The summed E-state index contributed by atoms with van der Waals surface area (Å²) in [7, 11) is 0. The van der Waals surface area contributed by atoms with Crippen LogP contribution in [0.3, 0.4) is 0 Å². The minimum Gasteiger partial charge on any atom is -0.508 e. The zero-order valence-electron chi connectivity index (χ0n) is 9.94. The smallest absolute Gasteiger partial charge is 0.302 e. The molecule has 0 radical (unpaired) electrons. The first-order valence-corrected chi connectivity index (χ1v) is 5.99. The Morgan fingerprint density at radius 3 is 2.78 bits per heavy atom. The number of aromatic hydroxyl groups is 1. The number of carbonyl (C=O) groups is 1. The third kappa shape index (κ3) is 2.74. The predicted molar refractivity (Wildman–Crippen MR) is 71.0 cm³/mol. The van der Waals surface area contributed by atoms with Gasteiger partial charge in [-0.05, 0) is 34.5 Å². The Morgan fingerprint density at radius 1 is 1.33 bits per heavy atom. The van der Waals surface area contributed by atoms with Crippen LogP contribution >= 0.6 is 11.6 Å². The molecule has 0 atom stereocenters. The van der Waals surface area contributed by atoms with E-state index in [-0.39, 0.29) is 18.3 Å². The summed E-state index contributed by atoms with van der Waals surface area (Å²) < 4.78 is 4.92. The minimum atomic E-state index is -0.311. The van der Waals surface area contributed by atoms with Crippen molar-refractivity contribution in [1.82, 2.24) is 0 Å². The Morgan fingerprint density at radius 2 is 2.06 bits per heavy atom. The topological polar surface area (TPSA) is 46.5 Å². The molecule has 0 saturated heterocycles. The summed E-state index contributed by atoms with van der Waals surface area (Å²) in [4.78, 5) is 10.7. The van der Waals surface area contributed by atoms with E-state index in [0.29, 0.717) is 11.4 Å². The molecule has 0 spiro atoms. The molecule has 0 saturated carbocycles. The number of phenols is 1. The van der Waals surface area contributed by atoms with Gasteiger partial charge in [0.2, 0.25) is 0 Å². The van der Waals surface area contributed by atoms with Crippen molar-refractivity contribution in [3.8, 4) is 5.75 Å². The zero-order chi connectivity index (χ0) is 13.1. The highest BCUT2D eigenvalue weighted by molar-refractivity contribution is 6.32. The summed E-state index contributed by atoms with van der Waals surface area (Å²) in [5.41, 5.74) is 0.881. The lowest BCUT2D eigenvalue weighted by atomic mass is 10.0. The maximum Gasteiger partial charge on any atom is 0.302 e. The number of hydrogen-bond donors (Lipinski definition) is 1. The van der Waals surface area contributed by atoms with Crippen LogP contribution in [0.15, 0.2) is 30.3 Å². The van der Waals surface area contributed by atoms with Crippen molar-refractivity contribution in [1.29, 1.82) is 0 Å². The van der Waals surface area contributed by atoms with E-state index in [1.165, 1.54) is 6.92 Å². The SMILES string of the molecule is CC(=O)OCCc1c(Cl)ccc2ccc(O)cc12. The lowest BCUT2D eigenvalue weighted by Gasteiger charge is -2.09. The average molecular weight is 265 g/mol. The van der Waals surface area contributed by atoms with Crippen molar-refractivity contribution in [2.45, 2.75) is 13.3 Å². The number of phenolic OH excluding ortho intramolecular Hbond substituents is 1. The van der Waals surface area contributed by atoms with Gasteiger partial charge in [-0.2, -0.15) is 0 Å². The van der Waals surface area contributed by atoms with Crippen LogP contribution in [-0.4, -0.2) is 17.7 Å². The normalized spacial score (nSPS) is 10.6. The number of carbonyl (C=O) groups excluding carboxylic acids is 1. The van der Waals surface area contributed by atoms with E-state index >= 15 is 0 Å². The first kappa shape index (κ1) is 12.7. The summed E-state index contributed by atoms with van der Waals surface area (Å²) >= 11 is 6.15. The Balaban J connectivity index is 2.37. The van der Waals surface area contributed by atoms with E-state index in [4.69, 9.17) is 16.3 Å². The van der Waals surface area contributed by atoms with E-state index in [1.54, 1.807) is 12.1 Å². The lowest BCUT2D eigenvalue weighted by Crippen LogP contribution is -2.04. The average Bonchev–Trinajstić information content (AvgIpc) is 2.31. The molecule has 94 valence electrons. The van der Waals surface area contributed by atoms with Gasteiger partial charge in [-0.3, -0.25) is 4.79 Å². The number of fused-ring (bicyclic) bond motifs is 1. The molecule has 1 N–H and O–H groups in total. The van der Waals surface area contributed by atoms with Gasteiger partial charge in [-0.15, -0.1) is 0 Å². The van der Waals surface area contributed by atoms with Gasteiger partial charge >= 0.3 is 5.97 Å². The third-order valence-corrected chi connectivity index (χ3v) is 3.07. The van der Waals surface area contributed by atoms with Crippen LogP contribution in [0.25, 0.3) is 10.8 Å². The molecule has 4 heteroatoms. The van der Waals surface area contributed by atoms with E-state index < -0.39 is 0 Å². The molecule has 0 aromatic heterocycles. The van der Waals surface area contributed by atoms with Crippen LogP contribution in [0, 0.1) is 0 Å². The van der Waals surface area contributed by atoms with Gasteiger partial charge in [0.25, 0.3) is 0 Å². The highest BCUT2D eigenvalue weighted by Crippen LogP contribution is 2.29. The quantitative estimate of drug-likeness (QED) is 0.865. The van der Waals surface area contributed by atoms with E-state index in [2.05, 4.69) is 0 Å². The third-order valence-electron chi connectivity index (χ3n) is 2.72. The van der Waals surface area contributed by atoms with E-state index in [0.717, 1.165) is 16.3 Å². The fourth-order valence-corrected chi connectivity index (χ4v) is 2.15. The molecule has 0 aliphatic heterocycles. The number of benzene rings is 2. The van der Waals surface area contributed by atoms with Crippen molar-refractivity contribution in [3.63, 3.8) is 0 Å².